The van der Waals surface area contributed by atoms with Crippen molar-refractivity contribution in [2.75, 3.05) is 29.2 Å². The fourth-order valence-electron chi connectivity index (χ4n) is 1.94. The van der Waals surface area contributed by atoms with Gasteiger partial charge >= 0.3 is 18.2 Å². The van der Waals surface area contributed by atoms with Crippen molar-refractivity contribution < 1.29 is 37.0 Å². The maximum absolute atomic E-state index is 13.0. The first-order valence-electron chi connectivity index (χ1n) is 8.47. The number of ether oxygens (including phenoxy) is 2. The van der Waals surface area contributed by atoms with Crippen LogP contribution >= 0.6 is 11.8 Å². The highest BCUT2D eigenvalue weighted by atomic mass is 32.2. The van der Waals surface area contributed by atoms with Crippen LogP contribution in [0.15, 0.2) is 18.2 Å². The number of benzene rings is 1. The van der Waals surface area contributed by atoms with Crippen LogP contribution in [0, 0.1) is 0 Å². The Morgan fingerprint density at radius 3 is 2.28 bits per heavy atom. The van der Waals surface area contributed by atoms with Crippen molar-refractivity contribution >= 4 is 41.1 Å². The lowest BCUT2D eigenvalue weighted by molar-refractivity contribution is -0.138. The first kappa shape index (κ1) is 24.6. The number of alkyl halides is 3. The minimum atomic E-state index is -4.62. The molecule has 1 aromatic rings. The van der Waals surface area contributed by atoms with Crippen LogP contribution in [0.5, 0.6) is 0 Å². The zero-order valence-electron chi connectivity index (χ0n) is 16.4. The van der Waals surface area contributed by atoms with E-state index in [1.54, 1.807) is 20.8 Å². The molecule has 0 unspecified atom stereocenters. The SMILES string of the molecule is COC(=O)CSCCC(=O)Nc1cc(C(F)(F)F)ccc1NC(=O)OC(C)(C)C. The van der Waals surface area contributed by atoms with Crippen molar-refractivity contribution in [2.45, 2.75) is 39.0 Å². The van der Waals surface area contributed by atoms with Gasteiger partial charge < -0.3 is 14.8 Å². The number of methoxy groups -OCH3 is 1. The monoisotopic (exact) mass is 436 g/mol. The summed E-state index contributed by atoms with van der Waals surface area (Å²) < 4.78 is 48.6. The summed E-state index contributed by atoms with van der Waals surface area (Å²) >= 11 is 1.15. The molecule has 7 nitrogen and oxygen atoms in total. The van der Waals surface area contributed by atoms with Crippen LogP contribution < -0.4 is 10.6 Å². The lowest BCUT2D eigenvalue weighted by Gasteiger charge is -2.21. The molecule has 0 heterocycles. The minimum Gasteiger partial charge on any atom is -0.468 e. The molecule has 0 aliphatic heterocycles. The smallest absolute Gasteiger partial charge is 0.416 e. The van der Waals surface area contributed by atoms with Gasteiger partial charge in [0.15, 0.2) is 0 Å². The van der Waals surface area contributed by atoms with Gasteiger partial charge in [0.25, 0.3) is 0 Å². The number of carbonyl (C=O) groups is 3. The topological polar surface area (TPSA) is 93.7 Å². The molecule has 0 spiro atoms. The predicted octanol–water partition coefficient (Wildman–Crippen LogP) is 4.29. The van der Waals surface area contributed by atoms with Crippen LogP contribution in [0.4, 0.5) is 29.3 Å². The van der Waals surface area contributed by atoms with Crippen LogP contribution in [0.25, 0.3) is 0 Å². The molecular formula is C18H23F3N2O5S. The number of thioether (sulfide) groups is 1. The number of hydrogen-bond donors (Lipinski definition) is 2. The largest absolute Gasteiger partial charge is 0.468 e. The number of anilines is 2. The van der Waals surface area contributed by atoms with Gasteiger partial charge in [-0.15, -0.1) is 11.8 Å². The van der Waals surface area contributed by atoms with E-state index in [0.717, 1.165) is 30.0 Å². The first-order valence-corrected chi connectivity index (χ1v) is 9.63. The van der Waals surface area contributed by atoms with Gasteiger partial charge in [0.1, 0.15) is 5.60 Å². The van der Waals surface area contributed by atoms with Crippen LogP contribution in [0.1, 0.15) is 32.8 Å². The summed E-state index contributed by atoms with van der Waals surface area (Å²) in [6.07, 6.45) is -5.55. The highest BCUT2D eigenvalue weighted by molar-refractivity contribution is 7.99. The number of hydrogen-bond acceptors (Lipinski definition) is 6. The fraction of sp³-hybridized carbons (Fsp3) is 0.500. The molecule has 1 aromatic carbocycles. The number of halogens is 3. The Labute approximate surface area is 170 Å². The van der Waals surface area contributed by atoms with Crippen LogP contribution in [0.3, 0.4) is 0 Å². The van der Waals surface area contributed by atoms with E-state index in [1.165, 1.54) is 7.11 Å². The lowest BCUT2D eigenvalue weighted by atomic mass is 10.1. The van der Waals surface area contributed by atoms with Gasteiger partial charge in [0.2, 0.25) is 5.91 Å². The molecule has 0 radical (unpaired) electrons. The lowest BCUT2D eigenvalue weighted by Crippen LogP contribution is -2.27. The second-order valence-electron chi connectivity index (χ2n) is 6.81. The van der Waals surface area contributed by atoms with Crippen molar-refractivity contribution in [1.29, 1.82) is 0 Å². The van der Waals surface area contributed by atoms with Gasteiger partial charge in [-0.25, -0.2) is 4.79 Å². The van der Waals surface area contributed by atoms with Crippen molar-refractivity contribution in [3.8, 4) is 0 Å². The van der Waals surface area contributed by atoms with E-state index in [-0.39, 0.29) is 29.3 Å². The molecule has 0 fully saturated rings. The first-order chi connectivity index (χ1) is 13.3. The number of amides is 2. The zero-order valence-corrected chi connectivity index (χ0v) is 17.3. The summed E-state index contributed by atoms with van der Waals surface area (Å²) in [6.45, 7) is 4.90. The summed E-state index contributed by atoms with van der Waals surface area (Å²) in [4.78, 5) is 35.0. The summed E-state index contributed by atoms with van der Waals surface area (Å²) in [5.41, 5.74) is -2.05. The zero-order chi connectivity index (χ0) is 22.2. The molecular weight excluding hydrogens is 413 g/mol. The van der Waals surface area contributed by atoms with E-state index in [1.807, 2.05) is 0 Å². The van der Waals surface area contributed by atoms with Crippen molar-refractivity contribution in [3.05, 3.63) is 23.8 Å². The van der Waals surface area contributed by atoms with Crippen molar-refractivity contribution in [3.63, 3.8) is 0 Å². The molecule has 0 atom stereocenters. The van der Waals surface area contributed by atoms with E-state index in [0.29, 0.717) is 0 Å². The van der Waals surface area contributed by atoms with Gasteiger partial charge in [-0.1, -0.05) is 0 Å². The molecule has 0 bridgehead atoms. The molecule has 29 heavy (non-hydrogen) atoms. The third kappa shape index (κ3) is 9.55. The minimum absolute atomic E-state index is 0.0391. The third-order valence-corrected chi connectivity index (χ3v) is 4.11. The van der Waals surface area contributed by atoms with E-state index >= 15 is 0 Å². The molecule has 0 saturated carbocycles. The Hall–Kier alpha value is -2.43. The average Bonchev–Trinajstić information content (AvgIpc) is 2.57. The number of nitrogens with one attached hydrogen (secondary N) is 2. The molecule has 2 N–H and O–H groups in total. The molecule has 0 aromatic heterocycles. The number of esters is 1. The quantitative estimate of drug-likeness (QED) is 0.489. The normalized spacial score (nSPS) is 11.6. The third-order valence-electron chi connectivity index (χ3n) is 3.18. The second kappa shape index (κ2) is 10.4. The van der Waals surface area contributed by atoms with Crippen LogP contribution in [-0.2, 0) is 25.2 Å². The maximum atomic E-state index is 13.0. The Morgan fingerprint density at radius 2 is 1.72 bits per heavy atom. The van der Waals surface area contributed by atoms with E-state index in [2.05, 4.69) is 15.4 Å². The number of rotatable bonds is 7. The number of carbonyl (C=O) groups excluding carboxylic acids is 3. The Balaban J connectivity index is 2.88. The molecule has 2 amide bonds. The standard InChI is InChI=1S/C18H23F3N2O5S/c1-17(2,3)28-16(26)23-12-6-5-11(18(19,20)21)9-13(12)22-14(24)7-8-29-10-15(25)27-4/h5-6,9H,7-8,10H2,1-4H3,(H,22,24)(H,23,26). The maximum Gasteiger partial charge on any atom is 0.416 e. The summed E-state index contributed by atoms with van der Waals surface area (Å²) in [5.74, 6) is -0.709. The summed E-state index contributed by atoms with van der Waals surface area (Å²) in [5, 5.41) is 4.69. The Morgan fingerprint density at radius 1 is 1.07 bits per heavy atom. The van der Waals surface area contributed by atoms with E-state index < -0.39 is 35.3 Å². The second-order valence-corrected chi connectivity index (χ2v) is 7.92. The summed E-state index contributed by atoms with van der Waals surface area (Å²) in [7, 11) is 1.24. The molecule has 11 heteroatoms. The van der Waals surface area contributed by atoms with Gasteiger partial charge in [-0.05, 0) is 39.0 Å². The highest BCUT2D eigenvalue weighted by Crippen LogP contribution is 2.34. The molecule has 0 saturated heterocycles. The molecule has 162 valence electrons. The van der Waals surface area contributed by atoms with Crippen molar-refractivity contribution in [2.24, 2.45) is 0 Å². The van der Waals surface area contributed by atoms with Gasteiger partial charge in [0, 0.05) is 12.2 Å². The van der Waals surface area contributed by atoms with E-state index in [4.69, 9.17) is 4.74 Å². The Kier molecular flexibility index (Phi) is 8.80. The highest BCUT2D eigenvalue weighted by Gasteiger charge is 2.31. The van der Waals surface area contributed by atoms with Gasteiger partial charge in [0.05, 0.1) is 29.8 Å². The predicted molar refractivity (Wildman–Crippen MR) is 104 cm³/mol. The van der Waals surface area contributed by atoms with Crippen LogP contribution in [-0.4, -0.2) is 42.2 Å². The molecule has 1 rings (SSSR count). The van der Waals surface area contributed by atoms with E-state index in [9.17, 15) is 27.6 Å². The Bertz CT molecular complexity index is 748. The van der Waals surface area contributed by atoms with Crippen LogP contribution in [0.2, 0.25) is 0 Å². The molecule has 0 aliphatic carbocycles. The van der Waals surface area contributed by atoms with Gasteiger partial charge in [-0.3, -0.25) is 14.9 Å². The summed E-state index contributed by atoms with van der Waals surface area (Å²) in [6, 6.07) is 2.55. The average molecular weight is 436 g/mol. The van der Waals surface area contributed by atoms with Gasteiger partial charge in [-0.2, -0.15) is 13.2 Å². The molecule has 0 aliphatic rings. The van der Waals surface area contributed by atoms with Crippen molar-refractivity contribution in [1.82, 2.24) is 0 Å². The fourth-order valence-corrected chi connectivity index (χ4v) is 2.70.